The first kappa shape index (κ1) is 17.9. The van der Waals surface area contributed by atoms with Gasteiger partial charge in [0.1, 0.15) is 18.7 Å². The Balaban J connectivity index is 1.68. The van der Waals surface area contributed by atoms with E-state index in [1.54, 1.807) is 17.5 Å². The predicted octanol–water partition coefficient (Wildman–Crippen LogP) is 2.94. The summed E-state index contributed by atoms with van der Waals surface area (Å²) in [5, 5.41) is 5.01. The molecule has 0 saturated heterocycles. The summed E-state index contributed by atoms with van der Waals surface area (Å²) in [7, 11) is 0. The van der Waals surface area contributed by atoms with Crippen LogP contribution < -0.4 is 10.9 Å². The van der Waals surface area contributed by atoms with E-state index in [0.717, 1.165) is 16.5 Å². The fraction of sp³-hybridized carbons (Fsp3) is 0.211. The molecule has 0 spiro atoms. The minimum atomic E-state index is -0.583. The summed E-state index contributed by atoms with van der Waals surface area (Å²) in [5.41, 5.74) is 2.44. The van der Waals surface area contributed by atoms with Gasteiger partial charge in [-0.2, -0.15) is 0 Å². The lowest BCUT2D eigenvalue weighted by molar-refractivity contribution is -0.143. The van der Waals surface area contributed by atoms with Crippen molar-refractivity contribution < 1.29 is 18.7 Å². The molecule has 0 unspecified atom stereocenters. The van der Waals surface area contributed by atoms with Crippen LogP contribution in [0.1, 0.15) is 26.4 Å². The molecule has 0 aliphatic carbocycles. The highest BCUT2D eigenvalue weighted by molar-refractivity contribution is 7.12. The first-order valence-electron chi connectivity index (χ1n) is 7.96. The van der Waals surface area contributed by atoms with Crippen LogP contribution in [-0.2, 0) is 16.1 Å². The van der Waals surface area contributed by atoms with E-state index in [4.69, 9.17) is 9.15 Å². The van der Waals surface area contributed by atoms with E-state index in [1.165, 1.54) is 17.4 Å². The van der Waals surface area contributed by atoms with Crippen LogP contribution in [0, 0.1) is 13.8 Å². The summed E-state index contributed by atoms with van der Waals surface area (Å²) in [5.74, 6) is -0.908. The normalized spacial score (nSPS) is 10.7. The lowest BCUT2D eigenvalue weighted by Gasteiger charge is -2.10. The van der Waals surface area contributed by atoms with Crippen LogP contribution in [0.4, 0.5) is 0 Å². The Morgan fingerprint density at radius 3 is 2.77 bits per heavy atom. The maximum Gasteiger partial charge on any atom is 0.336 e. The predicted molar refractivity (Wildman–Crippen MR) is 98.4 cm³/mol. The van der Waals surface area contributed by atoms with E-state index in [0.29, 0.717) is 16.0 Å². The molecule has 0 bridgehead atoms. The van der Waals surface area contributed by atoms with Gasteiger partial charge in [-0.25, -0.2) is 4.79 Å². The highest BCUT2D eigenvalue weighted by atomic mass is 32.1. The number of benzene rings is 1. The van der Waals surface area contributed by atoms with Gasteiger partial charge in [0.2, 0.25) is 0 Å². The van der Waals surface area contributed by atoms with Crippen molar-refractivity contribution in [3.05, 3.63) is 67.7 Å². The minimum Gasteiger partial charge on any atom is -0.459 e. The summed E-state index contributed by atoms with van der Waals surface area (Å²) in [6.07, 6.45) is 0. The molecule has 6 nitrogen and oxygen atoms in total. The molecule has 3 rings (SSSR count). The van der Waals surface area contributed by atoms with Gasteiger partial charge in [-0.3, -0.25) is 9.59 Å². The van der Waals surface area contributed by atoms with Gasteiger partial charge in [0.15, 0.2) is 0 Å². The molecule has 134 valence electrons. The van der Waals surface area contributed by atoms with Crippen LogP contribution in [-0.4, -0.2) is 18.4 Å². The average Bonchev–Trinajstić information content (AvgIpc) is 3.16. The maximum absolute atomic E-state index is 11.9. The topological polar surface area (TPSA) is 85.6 Å². The molecule has 0 radical (unpaired) electrons. The fourth-order valence-corrected chi connectivity index (χ4v) is 3.14. The number of hydrogen-bond donors (Lipinski definition) is 1. The molecular weight excluding hydrogens is 354 g/mol. The van der Waals surface area contributed by atoms with Gasteiger partial charge in [-0.15, -0.1) is 11.3 Å². The molecule has 2 heterocycles. The molecule has 2 aromatic heterocycles. The Morgan fingerprint density at radius 1 is 1.23 bits per heavy atom. The number of rotatable bonds is 5. The molecule has 0 atom stereocenters. The number of aryl methyl sites for hydroxylation is 2. The monoisotopic (exact) mass is 371 g/mol. The van der Waals surface area contributed by atoms with Gasteiger partial charge in [-0.05, 0) is 36.4 Å². The molecule has 1 amide bonds. The lowest BCUT2D eigenvalue weighted by atomic mass is 10.0. The Labute approximate surface area is 153 Å². The molecule has 26 heavy (non-hydrogen) atoms. The highest BCUT2D eigenvalue weighted by Gasteiger charge is 2.13. The van der Waals surface area contributed by atoms with E-state index in [9.17, 15) is 14.4 Å². The van der Waals surface area contributed by atoms with Crippen LogP contribution in [0.5, 0.6) is 0 Å². The van der Waals surface area contributed by atoms with Crippen molar-refractivity contribution in [1.29, 1.82) is 0 Å². The van der Waals surface area contributed by atoms with Gasteiger partial charge >= 0.3 is 11.6 Å². The second kappa shape index (κ2) is 7.53. The van der Waals surface area contributed by atoms with Gasteiger partial charge in [0.05, 0.1) is 4.88 Å². The summed E-state index contributed by atoms with van der Waals surface area (Å²) < 4.78 is 10.5. The third-order valence-electron chi connectivity index (χ3n) is 4.04. The molecule has 0 aliphatic rings. The second-order valence-corrected chi connectivity index (χ2v) is 6.74. The Bertz CT molecular complexity index is 1020. The molecule has 7 heteroatoms. The number of carbonyl (C=O) groups is 2. The van der Waals surface area contributed by atoms with Crippen molar-refractivity contribution in [3.8, 4) is 0 Å². The largest absolute Gasteiger partial charge is 0.459 e. The van der Waals surface area contributed by atoms with Crippen molar-refractivity contribution in [2.75, 3.05) is 6.54 Å². The quantitative estimate of drug-likeness (QED) is 0.550. The van der Waals surface area contributed by atoms with E-state index in [2.05, 4.69) is 5.32 Å². The van der Waals surface area contributed by atoms with E-state index in [-0.39, 0.29) is 19.1 Å². The molecule has 3 aromatic rings. The van der Waals surface area contributed by atoms with Crippen molar-refractivity contribution in [1.82, 2.24) is 5.32 Å². The minimum absolute atomic E-state index is 0.0711. The van der Waals surface area contributed by atoms with E-state index < -0.39 is 11.6 Å². The first-order valence-corrected chi connectivity index (χ1v) is 8.84. The summed E-state index contributed by atoms with van der Waals surface area (Å²) in [6.45, 7) is 3.49. The van der Waals surface area contributed by atoms with Crippen molar-refractivity contribution in [3.63, 3.8) is 0 Å². The molecule has 0 aliphatic heterocycles. The molecular formula is C19H17NO5S. The maximum atomic E-state index is 11.9. The molecule has 0 fully saturated rings. The van der Waals surface area contributed by atoms with E-state index in [1.807, 2.05) is 26.0 Å². The summed E-state index contributed by atoms with van der Waals surface area (Å²) in [6, 6.07) is 8.50. The highest BCUT2D eigenvalue weighted by Crippen LogP contribution is 2.23. The van der Waals surface area contributed by atoms with Crippen LogP contribution in [0.2, 0.25) is 0 Å². The Hall–Kier alpha value is -2.93. The zero-order chi connectivity index (χ0) is 18.7. The number of ether oxygens (including phenoxy) is 1. The lowest BCUT2D eigenvalue weighted by Crippen LogP contribution is -2.30. The van der Waals surface area contributed by atoms with Crippen molar-refractivity contribution >= 4 is 34.2 Å². The second-order valence-electron chi connectivity index (χ2n) is 5.80. The molecule has 1 N–H and O–H groups in total. The SMILES string of the molecule is Cc1ccc2c(COC(=O)CNC(=O)c3cccs3)cc(=O)oc2c1C. The van der Waals surface area contributed by atoms with Crippen LogP contribution >= 0.6 is 11.3 Å². The number of hydrogen-bond acceptors (Lipinski definition) is 6. The molecule has 0 saturated carbocycles. The van der Waals surface area contributed by atoms with Crippen molar-refractivity contribution in [2.24, 2.45) is 0 Å². The smallest absolute Gasteiger partial charge is 0.336 e. The first-order chi connectivity index (χ1) is 12.5. The summed E-state index contributed by atoms with van der Waals surface area (Å²) >= 11 is 1.29. The number of amides is 1. The molecule has 1 aromatic carbocycles. The zero-order valence-corrected chi connectivity index (χ0v) is 15.1. The van der Waals surface area contributed by atoms with Crippen LogP contribution in [0.3, 0.4) is 0 Å². The van der Waals surface area contributed by atoms with Crippen molar-refractivity contribution in [2.45, 2.75) is 20.5 Å². The van der Waals surface area contributed by atoms with Gasteiger partial charge in [0.25, 0.3) is 5.91 Å². The van der Waals surface area contributed by atoms with Gasteiger partial charge < -0.3 is 14.5 Å². The average molecular weight is 371 g/mol. The van der Waals surface area contributed by atoms with Crippen LogP contribution in [0.25, 0.3) is 11.0 Å². The number of esters is 1. The number of carbonyl (C=O) groups excluding carboxylic acids is 2. The van der Waals surface area contributed by atoms with Gasteiger partial charge in [-0.1, -0.05) is 18.2 Å². The number of fused-ring (bicyclic) bond motifs is 1. The summed E-state index contributed by atoms with van der Waals surface area (Å²) in [4.78, 5) is 36.0. The number of nitrogens with one attached hydrogen (secondary N) is 1. The standard InChI is InChI=1S/C19H17NO5S/c1-11-5-6-14-13(8-16(21)25-18(14)12(11)2)10-24-17(22)9-20-19(23)15-4-3-7-26-15/h3-8H,9-10H2,1-2H3,(H,20,23). The van der Waals surface area contributed by atoms with E-state index >= 15 is 0 Å². The zero-order valence-electron chi connectivity index (χ0n) is 14.3. The third-order valence-corrected chi connectivity index (χ3v) is 4.91. The van der Waals surface area contributed by atoms with Gasteiger partial charge in [0, 0.05) is 17.0 Å². The van der Waals surface area contributed by atoms with Crippen LogP contribution in [0.15, 0.2) is 44.9 Å². The Kier molecular flexibility index (Phi) is 5.18. The number of thiophene rings is 1. The third kappa shape index (κ3) is 3.83. The Morgan fingerprint density at radius 2 is 2.04 bits per heavy atom. The fourth-order valence-electron chi connectivity index (χ4n) is 2.50.